The number of aromatic nitrogens is 4. The summed E-state index contributed by atoms with van der Waals surface area (Å²) in [5.74, 6) is 1.25. The molecule has 0 bridgehead atoms. The van der Waals surface area contributed by atoms with Gasteiger partial charge in [0.05, 0.1) is 31.7 Å². The maximum atomic E-state index is 13.3. The molecule has 0 spiro atoms. The Morgan fingerprint density at radius 3 is 2.52 bits per heavy atom. The molecule has 1 atom stereocenters. The van der Waals surface area contributed by atoms with Gasteiger partial charge in [-0.15, -0.1) is 5.10 Å². The number of nitrogens with one attached hydrogen (secondary N) is 2. The third-order valence-electron chi connectivity index (χ3n) is 5.86. The Balaban J connectivity index is 1.46. The van der Waals surface area contributed by atoms with Crippen molar-refractivity contribution in [2.45, 2.75) is 64.6 Å². The summed E-state index contributed by atoms with van der Waals surface area (Å²) < 4.78 is 12.4. The summed E-state index contributed by atoms with van der Waals surface area (Å²) in [5.41, 5.74) is 0.742. The topological polar surface area (TPSA) is 120 Å². The van der Waals surface area contributed by atoms with E-state index in [9.17, 15) is 9.59 Å². The number of amides is 2. The van der Waals surface area contributed by atoms with E-state index in [-0.39, 0.29) is 11.8 Å². The first-order valence-electron chi connectivity index (χ1n) is 11.4. The highest BCUT2D eigenvalue weighted by molar-refractivity contribution is 5.96. The molecule has 2 aliphatic carbocycles. The lowest BCUT2D eigenvalue weighted by atomic mass is 9.89. The lowest BCUT2D eigenvalue weighted by Crippen LogP contribution is -2.51. The van der Waals surface area contributed by atoms with Gasteiger partial charge in [0.25, 0.3) is 0 Å². The van der Waals surface area contributed by atoms with Crippen LogP contribution in [0.1, 0.15) is 52.0 Å². The molecule has 10 nitrogen and oxygen atoms in total. The van der Waals surface area contributed by atoms with Crippen LogP contribution in [0.25, 0.3) is 0 Å². The number of ether oxygens (including phenoxy) is 2. The second kappa shape index (κ2) is 9.36. The highest BCUT2D eigenvalue weighted by Gasteiger charge is 2.48. The highest BCUT2D eigenvalue weighted by atomic mass is 16.6. The maximum absolute atomic E-state index is 13.3. The molecule has 2 N–H and O–H groups in total. The molecule has 2 fully saturated rings. The molecule has 2 heterocycles. The maximum Gasteiger partial charge on any atom is 0.408 e. The van der Waals surface area contributed by atoms with Crippen LogP contribution in [0.3, 0.4) is 0 Å². The second-order valence-corrected chi connectivity index (χ2v) is 9.86. The van der Waals surface area contributed by atoms with Crippen LogP contribution in [0.2, 0.25) is 0 Å². The Morgan fingerprint density at radius 1 is 1.21 bits per heavy atom. The summed E-state index contributed by atoms with van der Waals surface area (Å²) in [6.45, 7) is 5.84. The van der Waals surface area contributed by atoms with Crippen LogP contribution in [0.15, 0.2) is 24.7 Å². The van der Waals surface area contributed by atoms with Crippen LogP contribution in [0.5, 0.6) is 5.88 Å². The lowest BCUT2D eigenvalue weighted by Gasteiger charge is -2.28. The van der Waals surface area contributed by atoms with Crippen LogP contribution in [0, 0.1) is 17.8 Å². The number of alkyl carbamates (subject to hydrolysis) is 1. The average Bonchev–Trinajstić information content (AvgIpc) is 3.67. The van der Waals surface area contributed by atoms with Crippen LogP contribution >= 0.6 is 0 Å². The summed E-state index contributed by atoms with van der Waals surface area (Å²) in [7, 11) is 1.54. The van der Waals surface area contributed by atoms with Crippen molar-refractivity contribution >= 4 is 17.7 Å². The smallest absolute Gasteiger partial charge is 0.408 e. The van der Waals surface area contributed by atoms with Gasteiger partial charge in [-0.1, -0.05) is 0 Å². The van der Waals surface area contributed by atoms with Gasteiger partial charge in [-0.3, -0.25) is 9.48 Å². The van der Waals surface area contributed by atoms with Crippen molar-refractivity contribution in [3.63, 3.8) is 0 Å². The van der Waals surface area contributed by atoms with Crippen molar-refractivity contribution in [3.8, 4) is 5.88 Å². The summed E-state index contributed by atoms with van der Waals surface area (Å²) >= 11 is 0. The molecule has 2 aliphatic rings. The third-order valence-corrected chi connectivity index (χ3v) is 5.86. The molecule has 4 rings (SSSR count). The number of rotatable bonds is 9. The Hall–Kier alpha value is -3.17. The van der Waals surface area contributed by atoms with E-state index in [1.807, 2.05) is 26.8 Å². The third kappa shape index (κ3) is 6.21. The molecule has 0 saturated heterocycles. The zero-order valence-corrected chi connectivity index (χ0v) is 19.6. The SMILES string of the molecule is COc1nnccc1Cn1cc(NC(=O)C(NC(=O)OC(C)(C)C)C(C2CC2)C2CC2)cn1. The summed E-state index contributed by atoms with van der Waals surface area (Å²) in [6.07, 6.45) is 8.75. The quantitative estimate of drug-likeness (QED) is 0.595. The molecule has 2 aromatic heterocycles. The molecule has 0 aliphatic heterocycles. The molecular formula is C23H32N6O4. The average molecular weight is 457 g/mol. The summed E-state index contributed by atoms with van der Waals surface area (Å²) in [6, 6.07) is 1.16. The Kier molecular flexibility index (Phi) is 6.53. The predicted octanol–water partition coefficient (Wildman–Crippen LogP) is 3.00. The monoisotopic (exact) mass is 456 g/mol. The van der Waals surface area contributed by atoms with Crippen LogP contribution < -0.4 is 15.4 Å². The molecule has 2 amide bonds. The van der Waals surface area contributed by atoms with E-state index in [2.05, 4.69) is 25.9 Å². The van der Waals surface area contributed by atoms with Crippen LogP contribution in [-0.4, -0.2) is 50.7 Å². The molecular weight excluding hydrogens is 424 g/mol. The van der Waals surface area contributed by atoms with E-state index in [1.54, 1.807) is 23.3 Å². The molecule has 0 radical (unpaired) electrons. The van der Waals surface area contributed by atoms with E-state index in [1.165, 1.54) is 7.11 Å². The van der Waals surface area contributed by atoms with Gasteiger partial charge in [0.2, 0.25) is 11.8 Å². The van der Waals surface area contributed by atoms with Crippen molar-refractivity contribution in [3.05, 3.63) is 30.2 Å². The first kappa shape index (κ1) is 23.0. The van der Waals surface area contributed by atoms with E-state index in [4.69, 9.17) is 9.47 Å². The van der Waals surface area contributed by atoms with E-state index >= 15 is 0 Å². The van der Waals surface area contributed by atoms with E-state index in [0.717, 1.165) is 31.2 Å². The largest absolute Gasteiger partial charge is 0.480 e. The lowest BCUT2D eigenvalue weighted by molar-refractivity contribution is -0.120. The number of carbonyl (C=O) groups excluding carboxylic acids is 2. The molecule has 10 heteroatoms. The van der Waals surface area contributed by atoms with Gasteiger partial charge in [-0.2, -0.15) is 10.2 Å². The Morgan fingerprint density at radius 2 is 1.91 bits per heavy atom. The predicted molar refractivity (Wildman–Crippen MR) is 121 cm³/mol. The number of methoxy groups -OCH3 is 1. The van der Waals surface area contributed by atoms with Crippen LogP contribution in [-0.2, 0) is 16.1 Å². The zero-order valence-electron chi connectivity index (χ0n) is 19.6. The number of anilines is 1. The van der Waals surface area contributed by atoms with Gasteiger partial charge >= 0.3 is 6.09 Å². The fourth-order valence-electron chi connectivity index (χ4n) is 4.21. The van der Waals surface area contributed by atoms with Crippen molar-refractivity contribution < 1.29 is 19.1 Å². The molecule has 1 unspecified atom stereocenters. The number of hydrogen-bond donors (Lipinski definition) is 2. The second-order valence-electron chi connectivity index (χ2n) is 9.86. The van der Waals surface area contributed by atoms with Crippen molar-refractivity contribution in [1.82, 2.24) is 25.3 Å². The Bertz CT molecular complexity index is 981. The Labute approximate surface area is 193 Å². The first-order valence-corrected chi connectivity index (χ1v) is 11.4. The normalized spacial score (nSPS) is 16.9. The van der Waals surface area contributed by atoms with E-state index < -0.39 is 17.7 Å². The van der Waals surface area contributed by atoms with Crippen molar-refractivity contribution in [2.75, 3.05) is 12.4 Å². The van der Waals surface area contributed by atoms with Crippen LogP contribution in [0.4, 0.5) is 10.5 Å². The van der Waals surface area contributed by atoms with Gasteiger partial charge in [0.15, 0.2) is 0 Å². The minimum atomic E-state index is -0.646. The summed E-state index contributed by atoms with van der Waals surface area (Å²) in [4.78, 5) is 25.9. The van der Waals surface area contributed by atoms with E-state index in [0.29, 0.717) is 29.9 Å². The highest BCUT2D eigenvalue weighted by Crippen LogP contribution is 2.50. The fourth-order valence-corrected chi connectivity index (χ4v) is 4.21. The van der Waals surface area contributed by atoms with Gasteiger partial charge in [-0.05, 0) is 70.3 Å². The van der Waals surface area contributed by atoms with Gasteiger partial charge in [0, 0.05) is 11.8 Å². The molecule has 33 heavy (non-hydrogen) atoms. The van der Waals surface area contributed by atoms with Gasteiger partial charge in [0.1, 0.15) is 11.6 Å². The first-order chi connectivity index (χ1) is 15.7. The van der Waals surface area contributed by atoms with Gasteiger partial charge in [-0.25, -0.2) is 4.79 Å². The molecule has 0 aromatic carbocycles. The molecule has 178 valence electrons. The molecule has 2 saturated carbocycles. The fraction of sp³-hybridized carbons (Fsp3) is 0.609. The standard InChI is InChI=1S/C23H32N6O4/c1-23(2,3)33-22(31)27-19(18(14-5-6-14)15-7-8-15)20(30)26-17-11-25-29(13-17)12-16-9-10-24-28-21(16)32-4/h9-11,13-15,18-19H,5-8,12H2,1-4H3,(H,26,30)(H,27,31). The van der Waals surface area contributed by atoms with Crippen molar-refractivity contribution in [2.24, 2.45) is 17.8 Å². The minimum absolute atomic E-state index is 0.125. The minimum Gasteiger partial charge on any atom is -0.480 e. The summed E-state index contributed by atoms with van der Waals surface area (Å²) in [5, 5.41) is 17.9. The van der Waals surface area contributed by atoms with Crippen molar-refractivity contribution in [1.29, 1.82) is 0 Å². The van der Waals surface area contributed by atoms with Gasteiger partial charge < -0.3 is 20.1 Å². The number of hydrogen-bond acceptors (Lipinski definition) is 7. The number of nitrogens with zero attached hydrogens (tertiary/aromatic N) is 4. The zero-order chi connectivity index (χ0) is 23.6. The number of carbonyl (C=O) groups is 2. The molecule has 2 aromatic rings.